The van der Waals surface area contributed by atoms with Gasteiger partial charge in [0.05, 0.1) is 12.0 Å². The van der Waals surface area contributed by atoms with E-state index >= 15 is 0 Å². The number of nitrogens with zero attached hydrogens (tertiary/aromatic N) is 2. The highest BCUT2D eigenvalue weighted by atomic mass is 35.5. The fourth-order valence-corrected chi connectivity index (χ4v) is 3.42. The van der Waals surface area contributed by atoms with Crippen molar-refractivity contribution in [2.45, 2.75) is 39.4 Å². The van der Waals surface area contributed by atoms with Crippen molar-refractivity contribution in [2.24, 2.45) is 0 Å². The number of methoxy groups -OCH3 is 1. The van der Waals surface area contributed by atoms with Crippen LogP contribution in [0.4, 0.5) is 5.69 Å². The predicted octanol–water partition coefficient (Wildman–Crippen LogP) is 4.23. The fourth-order valence-electron chi connectivity index (χ4n) is 2.95. The third-order valence-electron chi connectivity index (χ3n) is 4.66. The molecule has 0 bridgehead atoms. The third kappa shape index (κ3) is 7.23. The molecule has 0 heterocycles. The molecule has 2 rings (SSSR count). The summed E-state index contributed by atoms with van der Waals surface area (Å²) in [6, 6.07) is 7.86. The summed E-state index contributed by atoms with van der Waals surface area (Å²) in [6.07, 6.45) is 0. The van der Waals surface area contributed by atoms with Gasteiger partial charge in [-0.1, -0.05) is 29.3 Å². The molecule has 0 aromatic heterocycles. The summed E-state index contributed by atoms with van der Waals surface area (Å²) < 4.78 is 10.6. The summed E-state index contributed by atoms with van der Waals surface area (Å²) in [5.41, 5.74) is 0.379. The molecule has 0 unspecified atom stereocenters. The number of ether oxygens (including phenoxy) is 2. The average molecular weight is 498 g/mol. The lowest BCUT2D eigenvalue weighted by atomic mass is 10.1. The highest BCUT2D eigenvalue weighted by molar-refractivity contribution is 6.35. The number of hydrogen-bond donors (Lipinski definition) is 1. The van der Waals surface area contributed by atoms with Crippen LogP contribution in [0.25, 0.3) is 0 Å². The van der Waals surface area contributed by atoms with Gasteiger partial charge in [-0.15, -0.1) is 0 Å². The first-order valence-corrected chi connectivity index (χ1v) is 10.8. The summed E-state index contributed by atoms with van der Waals surface area (Å²) in [4.78, 5) is 37.5. The van der Waals surface area contributed by atoms with Gasteiger partial charge in [-0.3, -0.25) is 19.7 Å². The normalized spacial score (nSPS) is 11.6. The average Bonchev–Trinajstić information content (AvgIpc) is 2.75. The molecule has 0 aliphatic rings. The van der Waals surface area contributed by atoms with E-state index in [4.69, 9.17) is 32.7 Å². The molecule has 2 aromatic rings. The molecule has 0 fully saturated rings. The number of nitro groups is 1. The summed E-state index contributed by atoms with van der Waals surface area (Å²) >= 11 is 12.2. The minimum Gasteiger partial charge on any atom is -0.490 e. The quantitative estimate of drug-likeness (QED) is 0.388. The zero-order chi connectivity index (χ0) is 24.7. The first kappa shape index (κ1) is 26.2. The standard InChI is InChI=1S/C22H25Cl2N3O6/c1-13(2)25-22(29)14(3)26(11-15-5-6-16(23)9-18(15)24)21(28)12-33-17-7-8-19(27(30)31)20(10-17)32-4/h5-10,13-14H,11-12H2,1-4H3,(H,25,29)/t14-/m0/s1. The zero-order valence-corrected chi connectivity index (χ0v) is 20.1. The second kappa shape index (κ2) is 11.7. The highest BCUT2D eigenvalue weighted by Gasteiger charge is 2.27. The molecule has 0 saturated carbocycles. The first-order valence-electron chi connectivity index (χ1n) is 10.0. The maximum absolute atomic E-state index is 13.1. The number of rotatable bonds is 10. The van der Waals surface area contributed by atoms with Crippen LogP contribution in [0.2, 0.25) is 10.0 Å². The Hall–Kier alpha value is -3.04. The minimum atomic E-state index is -0.818. The molecule has 2 aromatic carbocycles. The van der Waals surface area contributed by atoms with Crippen molar-refractivity contribution < 1.29 is 24.0 Å². The molecular formula is C22H25Cl2N3O6. The zero-order valence-electron chi connectivity index (χ0n) is 18.6. The molecule has 0 aliphatic heterocycles. The maximum atomic E-state index is 13.1. The monoisotopic (exact) mass is 497 g/mol. The second-order valence-corrected chi connectivity index (χ2v) is 8.32. The van der Waals surface area contributed by atoms with Gasteiger partial charge in [-0.25, -0.2) is 0 Å². The Labute approximate surface area is 201 Å². The van der Waals surface area contributed by atoms with Crippen LogP contribution in [0.5, 0.6) is 11.5 Å². The topological polar surface area (TPSA) is 111 Å². The number of nitrogens with one attached hydrogen (secondary N) is 1. The summed E-state index contributed by atoms with van der Waals surface area (Å²) in [7, 11) is 1.30. The second-order valence-electron chi connectivity index (χ2n) is 7.48. The van der Waals surface area contributed by atoms with Crippen molar-refractivity contribution in [3.8, 4) is 11.5 Å². The van der Waals surface area contributed by atoms with Crippen LogP contribution in [-0.2, 0) is 16.1 Å². The number of halogens is 2. The lowest BCUT2D eigenvalue weighted by Gasteiger charge is -2.29. The lowest BCUT2D eigenvalue weighted by Crippen LogP contribution is -2.50. The Morgan fingerprint density at radius 1 is 1.15 bits per heavy atom. The fraction of sp³-hybridized carbons (Fsp3) is 0.364. The predicted molar refractivity (Wildman–Crippen MR) is 125 cm³/mol. The van der Waals surface area contributed by atoms with Gasteiger partial charge in [-0.2, -0.15) is 0 Å². The van der Waals surface area contributed by atoms with E-state index in [0.717, 1.165) is 0 Å². The Balaban J connectivity index is 2.23. The summed E-state index contributed by atoms with van der Waals surface area (Å²) in [6.45, 7) is 4.88. The molecule has 1 N–H and O–H groups in total. The van der Waals surface area contributed by atoms with E-state index in [1.165, 1.54) is 30.2 Å². The van der Waals surface area contributed by atoms with E-state index in [1.807, 2.05) is 13.8 Å². The summed E-state index contributed by atoms with van der Waals surface area (Å²) in [5, 5.41) is 14.6. The van der Waals surface area contributed by atoms with Crippen LogP contribution in [0.1, 0.15) is 26.3 Å². The van der Waals surface area contributed by atoms with Gasteiger partial charge in [0.15, 0.2) is 6.61 Å². The van der Waals surface area contributed by atoms with Crippen LogP contribution in [0.15, 0.2) is 36.4 Å². The van der Waals surface area contributed by atoms with Crippen LogP contribution in [0.3, 0.4) is 0 Å². The Kier molecular flexibility index (Phi) is 9.31. The van der Waals surface area contributed by atoms with Crippen LogP contribution in [0, 0.1) is 10.1 Å². The smallest absolute Gasteiger partial charge is 0.311 e. The van der Waals surface area contributed by atoms with Gasteiger partial charge in [0, 0.05) is 34.8 Å². The van der Waals surface area contributed by atoms with E-state index in [9.17, 15) is 19.7 Å². The maximum Gasteiger partial charge on any atom is 0.311 e. The molecule has 0 radical (unpaired) electrons. The summed E-state index contributed by atoms with van der Waals surface area (Å²) in [5.74, 6) is -0.612. The molecule has 33 heavy (non-hydrogen) atoms. The van der Waals surface area contributed by atoms with Crippen LogP contribution < -0.4 is 14.8 Å². The van der Waals surface area contributed by atoms with Crippen molar-refractivity contribution >= 4 is 40.7 Å². The number of benzene rings is 2. The van der Waals surface area contributed by atoms with Gasteiger partial charge >= 0.3 is 5.69 Å². The molecule has 0 spiro atoms. The molecule has 0 saturated heterocycles. The Bertz CT molecular complexity index is 1030. The SMILES string of the molecule is COc1cc(OCC(=O)N(Cc2ccc(Cl)cc2Cl)[C@@H](C)C(=O)NC(C)C)ccc1[N+](=O)[O-]. The van der Waals surface area contributed by atoms with E-state index in [-0.39, 0.29) is 35.7 Å². The largest absolute Gasteiger partial charge is 0.490 e. The lowest BCUT2D eigenvalue weighted by molar-refractivity contribution is -0.385. The van der Waals surface area contributed by atoms with Crippen molar-refractivity contribution in [3.05, 3.63) is 62.1 Å². The molecule has 9 nitrogen and oxygen atoms in total. The van der Waals surface area contributed by atoms with E-state index in [0.29, 0.717) is 15.6 Å². The number of hydrogen-bond acceptors (Lipinski definition) is 6. The first-order chi connectivity index (χ1) is 15.5. The van der Waals surface area contributed by atoms with E-state index < -0.39 is 23.5 Å². The van der Waals surface area contributed by atoms with Crippen molar-refractivity contribution in [2.75, 3.05) is 13.7 Å². The van der Waals surface area contributed by atoms with Crippen molar-refractivity contribution in [3.63, 3.8) is 0 Å². The van der Waals surface area contributed by atoms with Crippen LogP contribution in [-0.4, -0.2) is 47.4 Å². The number of carbonyl (C=O) groups is 2. The molecule has 0 aliphatic carbocycles. The molecule has 11 heteroatoms. The van der Waals surface area contributed by atoms with Crippen LogP contribution >= 0.6 is 23.2 Å². The van der Waals surface area contributed by atoms with Gasteiger partial charge in [0.1, 0.15) is 11.8 Å². The number of nitro benzene ring substituents is 1. The Morgan fingerprint density at radius 3 is 2.42 bits per heavy atom. The third-order valence-corrected chi connectivity index (χ3v) is 5.25. The minimum absolute atomic E-state index is 0.000527. The highest BCUT2D eigenvalue weighted by Crippen LogP contribution is 2.31. The van der Waals surface area contributed by atoms with E-state index in [2.05, 4.69) is 5.32 Å². The molecule has 178 valence electrons. The van der Waals surface area contributed by atoms with Gasteiger partial charge in [0.2, 0.25) is 11.7 Å². The Morgan fingerprint density at radius 2 is 1.85 bits per heavy atom. The molecule has 1 atom stereocenters. The number of amides is 2. The van der Waals surface area contributed by atoms with Crippen molar-refractivity contribution in [1.82, 2.24) is 10.2 Å². The van der Waals surface area contributed by atoms with Crippen molar-refractivity contribution in [1.29, 1.82) is 0 Å². The van der Waals surface area contributed by atoms with Gasteiger partial charge in [0.25, 0.3) is 5.91 Å². The molecular weight excluding hydrogens is 473 g/mol. The van der Waals surface area contributed by atoms with Gasteiger partial charge < -0.3 is 19.7 Å². The number of carbonyl (C=O) groups excluding carboxylic acids is 2. The molecule has 2 amide bonds. The van der Waals surface area contributed by atoms with Gasteiger partial charge in [-0.05, 0) is 44.5 Å². The van der Waals surface area contributed by atoms with E-state index in [1.54, 1.807) is 25.1 Å².